The fourth-order valence-electron chi connectivity index (χ4n) is 3.84. The quantitative estimate of drug-likeness (QED) is 0.349. The molecule has 0 aliphatic heterocycles. The molecule has 0 aliphatic rings. The Kier molecular flexibility index (Phi) is 6.89. The summed E-state index contributed by atoms with van der Waals surface area (Å²) in [5, 5.41) is 5.04. The van der Waals surface area contributed by atoms with Gasteiger partial charge in [0.2, 0.25) is 0 Å². The van der Waals surface area contributed by atoms with Gasteiger partial charge in [-0.15, -0.1) is 0 Å². The summed E-state index contributed by atoms with van der Waals surface area (Å²) in [5.74, 6) is 0.801. The van der Waals surface area contributed by atoms with Crippen molar-refractivity contribution in [2.75, 3.05) is 20.3 Å². The van der Waals surface area contributed by atoms with Gasteiger partial charge < -0.3 is 24.2 Å². The number of rotatable bonds is 9. The molecule has 8 heteroatoms. The van der Waals surface area contributed by atoms with E-state index in [9.17, 15) is 9.59 Å². The summed E-state index contributed by atoms with van der Waals surface area (Å²) in [6, 6.07) is 10.6. The number of amides is 1. The third kappa shape index (κ3) is 5.14. The molecule has 1 amide bonds. The van der Waals surface area contributed by atoms with Gasteiger partial charge in [0.15, 0.2) is 6.61 Å². The van der Waals surface area contributed by atoms with Crippen molar-refractivity contribution < 1.29 is 18.7 Å². The van der Waals surface area contributed by atoms with Crippen LogP contribution in [-0.4, -0.2) is 31.2 Å². The average molecular weight is 469 g/mol. The minimum Gasteiger partial charge on any atom is -0.497 e. The highest BCUT2D eigenvalue weighted by Crippen LogP contribution is 2.31. The second kappa shape index (κ2) is 10.0. The topological polar surface area (TPSA) is 93.6 Å². The molecule has 0 saturated heterocycles. The average Bonchev–Trinajstić information content (AvgIpc) is 3.20. The Morgan fingerprint density at radius 2 is 1.97 bits per heavy atom. The van der Waals surface area contributed by atoms with Crippen molar-refractivity contribution in [2.45, 2.75) is 26.2 Å². The minimum absolute atomic E-state index is 0.203. The van der Waals surface area contributed by atoms with Gasteiger partial charge in [0.1, 0.15) is 17.1 Å². The molecule has 33 heavy (non-hydrogen) atoms. The molecule has 172 valence electrons. The highest BCUT2D eigenvalue weighted by molar-refractivity contribution is 6.32. The number of aryl methyl sites for hydroxylation is 1. The molecule has 0 fully saturated rings. The summed E-state index contributed by atoms with van der Waals surface area (Å²) in [6.07, 6.45) is 4.22. The highest BCUT2D eigenvalue weighted by atomic mass is 35.5. The van der Waals surface area contributed by atoms with Crippen molar-refractivity contribution in [1.82, 2.24) is 10.3 Å². The van der Waals surface area contributed by atoms with Crippen molar-refractivity contribution in [3.63, 3.8) is 0 Å². The molecule has 0 bridgehead atoms. The van der Waals surface area contributed by atoms with Gasteiger partial charge in [0, 0.05) is 41.2 Å². The van der Waals surface area contributed by atoms with Crippen LogP contribution in [0.15, 0.2) is 51.8 Å². The Labute approximate surface area is 195 Å². The molecule has 2 N–H and O–H groups in total. The van der Waals surface area contributed by atoms with E-state index in [0.29, 0.717) is 29.3 Å². The maximum absolute atomic E-state index is 12.3. The first-order chi connectivity index (χ1) is 16.0. The number of halogens is 1. The number of H-pyrrole nitrogens is 1. The smallest absolute Gasteiger partial charge is 0.336 e. The summed E-state index contributed by atoms with van der Waals surface area (Å²) in [6.45, 7) is 2.28. The lowest BCUT2D eigenvalue weighted by Gasteiger charge is -2.11. The van der Waals surface area contributed by atoms with Gasteiger partial charge >= 0.3 is 5.63 Å². The Hall–Kier alpha value is -3.45. The van der Waals surface area contributed by atoms with Crippen LogP contribution < -0.4 is 20.4 Å². The predicted molar refractivity (Wildman–Crippen MR) is 129 cm³/mol. The molecular formula is C25H25ClN2O5. The predicted octanol–water partition coefficient (Wildman–Crippen LogP) is 4.63. The number of carbonyl (C=O) groups is 1. The Morgan fingerprint density at radius 3 is 2.76 bits per heavy atom. The number of nitrogens with one attached hydrogen (secondary N) is 2. The molecular weight excluding hydrogens is 444 g/mol. The van der Waals surface area contributed by atoms with E-state index in [4.69, 9.17) is 25.5 Å². The third-order valence-electron chi connectivity index (χ3n) is 5.45. The third-order valence-corrected chi connectivity index (χ3v) is 5.75. The largest absolute Gasteiger partial charge is 0.497 e. The van der Waals surface area contributed by atoms with Gasteiger partial charge in [-0.25, -0.2) is 4.79 Å². The first-order valence-electron chi connectivity index (χ1n) is 10.8. The van der Waals surface area contributed by atoms with Crippen LogP contribution in [0.1, 0.15) is 24.5 Å². The molecule has 2 aromatic heterocycles. The maximum atomic E-state index is 12.3. The Balaban J connectivity index is 1.37. The normalized spacial score (nSPS) is 11.1. The summed E-state index contributed by atoms with van der Waals surface area (Å²) in [5.41, 5.74) is 2.94. The van der Waals surface area contributed by atoms with Crippen LogP contribution >= 0.6 is 11.6 Å². The van der Waals surface area contributed by atoms with Crippen LogP contribution in [0.2, 0.25) is 5.02 Å². The number of benzene rings is 2. The molecule has 4 rings (SSSR count). The van der Waals surface area contributed by atoms with E-state index >= 15 is 0 Å². The lowest BCUT2D eigenvalue weighted by Crippen LogP contribution is -2.30. The molecule has 4 aromatic rings. The number of aromatic amines is 1. The van der Waals surface area contributed by atoms with Crippen molar-refractivity contribution in [1.29, 1.82) is 0 Å². The molecule has 2 heterocycles. The zero-order chi connectivity index (χ0) is 23.4. The van der Waals surface area contributed by atoms with Gasteiger partial charge in [0.25, 0.3) is 5.91 Å². The van der Waals surface area contributed by atoms with E-state index in [2.05, 4.69) is 10.3 Å². The number of fused-ring (bicyclic) bond motifs is 2. The van der Waals surface area contributed by atoms with Gasteiger partial charge in [-0.2, -0.15) is 0 Å². The van der Waals surface area contributed by atoms with E-state index in [1.54, 1.807) is 19.2 Å². The van der Waals surface area contributed by atoms with Gasteiger partial charge in [-0.1, -0.05) is 24.9 Å². The molecule has 0 saturated carbocycles. The fraction of sp³-hybridized carbons (Fsp3) is 0.280. The van der Waals surface area contributed by atoms with Crippen molar-refractivity contribution in [3.05, 3.63) is 69.2 Å². The lowest BCUT2D eigenvalue weighted by molar-refractivity contribution is -0.123. The zero-order valence-electron chi connectivity index (χ0n) is 18.5. The molecule has 0 aliphatic carbocycles. The first kappa shape index (κ1) is 22.7. The van der Waals surface area contributed by atoms with Crippen LogP contribution in [0, 0.1) is 0 Å². The number of aromatic nitrogens is 1. The van der Waals surface area contributed by atoms with E-state index in [1.807, 2.05) is 31.3 Å². The SMILES string of the molecule is CCCc1cc(=O)oc2cc(OCC(=O)NCCc3c[nH]c4ccc(OC)cc34)c(Cl)cc12. The maximum Gasteiger partial charge on any atom is 0.336 e. The van der Waals surface area contributed by atoms with Crippen LogP contribution in [0.5, 0.6) is 11.5 Å². The van der Waals surface area contributed by atoms with E-state index in [1.165, 1.54) is 6.07 Å². The number of hydrogen-bond acceptors (Lipinski definition) is 5. The van der Waals surface area contributed by atoms with E-state index in [0.717, 1.165) is 46.0 Å². The van der Waals surface area contributed by atoms with Crippen LogP contribution in [-0.2, 0) is 17.6 Å². The molecule has 0 spiro atoms. The number of methoxy groups -OCH3 is 1. The minimum atomic E-state index is -0.424. The summed E-state index contributed by atoms with van der Waals surface area (Å²) < 4.78 is 16.2. The summed E-state index contributed by atoms with van der Waals surface area (Å²) in [4.78, 5) is 27.4. The monoisotopic (exact) mass is 468 g/mol. The molecule has 0 radical (unpaired) electrons. The fourth-order valence-corrected chi connectivity index (χ4v) is 4.06. The van der Waals surface area contributed by atoms with Gasteiger partial charge in [-0.3, -0.25) is 4.79 Å². The zero-order valence-corrected chi connectivity index (χ0v) is 19.3. The van der Waals surface area contributed by atoms with Crippen LogP contribution in [0.25, 0.3) is 21.9 Å². The van der Waals surface area contributed by atoms with Crippen molar-refractivity contribution in [3.8, 4) is 11.5 Å². The summed E-state index contributed by atoms with van der Waals surface area (Å²) >= 11 is 6.36. The summed E-state index contributed by atoms with van der Waals surface area (Å²) in [7, 11) is 1.63. The second-order valence-corrected chi connectivity index (χ2v) is 8.14. The van der Waals surface area contributed by atoms with Gasteiger partial charge in [-0.05, 0) is 48.2 Å². The molecule has 7 nitrogen and oxygen atoms in total. The lowest BCUT2D eigenvalue weighted by atomic mass is 10.1. The molecule has 2 aromatic carbocycles. The number of ether oxygens (including phenoxy) is 2. The molecule has 0 unspecified atom stereocenters. The highest BCUT2D eigenvalue weighted by Gasteiger charge is 2.13. The van der Waals surface area contributed by atoms with Crippen LogP contribution in [0.4, 0.5) is 0 Å². The van der Waals surface area contributed by atoms with Crippen molar-refractivity contribution >= 4 is 39.4 Å². The number of carbonyl (C=O) groups excluding carboxylic acids is 1. The van der Waals surface area contributed by atoms with E-state index < -0.39 is 5.63 Å². The Morgan fingerprint density at radius 1 is 1.12 bits per heavy atom. The number of hydrogen-bond donors (Lipinski definition) is 2. The van der Waals surface area contributed by atoms with E-state index in [-0.39, 0.29) is 12.5 Å². The molecule has 0 atom stereocenters. The first-order valence-corrected chi connectivity index (χ1v) is 11.2. The Bertz CT molecular complexity index is 1360. The second-order valence-electron chi connectivity index (χ2n) is 7.73. The van der Waals surface area contributed by atoms with Crippen LogP contribution in [0.3, 0.4) is 0 Å². The standard InChI is InChI=1S/C25H25ClN2O5/c1-3-4-15-9-25(30)33-22-12-23(20(26)11-19(15)22)32-14-24(29)27-8-7-16-13-28-21-6-5-17(31-2)10-18(16)21/h5-6,9-13,28H,3-4,7-8,14H2,1-2H3,(H,27,29). The van der Waals surface area contributed by atoms with Crippen molar-refractivity contribution in [2.24, 2.45) is 0 Å². The van der Waals surface area contributed by atoms with Gasteiger partial charge in [0.05, 0.1) is 12.1 Å².